The van der Waals surface area contributed by atoms with Gasteiger partial charge in [0.05, 0.1) is 4.34 Å². The maximum atomic E-state index is 5.81. The zero-order valence-electron chi connectivity index (χ0n) is 7.01. The van der Waals surface area contributed by atoms with Gasteiger partial charge in [-0.3, -0.25) is 0 Å². The van der Waals surface area contributed by atoms with Crippen LogP contribution in [0.1, 0.15) is 17.8 Å². The van der Waals surface area contributed by atoms with E-state index >= 15 is 0 Å². The molecule has 12 heavy (non-hydrogen) atoms. The predicted molar refractivity (Wildman–Crippen MR) is 55.9 cm³/mol. The van der Waals surface area contributed by atoms with E-state index in [2.05, 4.69) is 18.8 Å². The summed E-state index contributed by atoms with van der Waals surface area (Å²) in [5, 5.41) is 3.30. The molecule has 0 saturated heterocycles. The van der Waals surface area contributed by atoms with E-state index in [9.17, 15) is 0 Å². The third-order valence-corrected chi connectivity index (χ3v) is 3.00. The van der Waals surface area contributed by atoms with E-state index in [4.69, 9.17) is 11.6 Å². The van der Waals surface area contributed by atoms with Gasteiger partial charge in [0.25, 0.3) is 0 Å². The molecule has 1 aromatic heterocycles. The van der Waals surface area contributed by atoms with E-state index in [0.29, 0.717) is 6.04 Å². The average Bonchev–Trinajstić information content (AvgIpc) is 2.47. The summed E-state index contributed by atoms with van der Waals surface area (Å²) < 4.78 is 0.845. The summed E-state index contributed by atoms with van der Waals surface area (Å²) in [6.07, 6.45) is 1.85. The molecule has 1 atom stereocenters. The second-order valence-corrected chi connectivity index (χ2v) is 4.31. The van der Waals surface area contributed by atoms with Crippen LogP contribution in [0.2, 0.25) is 4.34 Å². The third kappa shape index (κ3) is 2.63. The highest BCUT2D eigenvalue weighted by Gasteiger charge is 2.05. The highest BCUT2D eigenvalue weighted by molar-refractivity contribution is 7.16. The Bertz CT molecular complexity index is 257. The monoisotopic (exact) mass is 201 g/mol. The van der Waals surface area contributed by atoms with Gasteiger partial charge in [-0.2, -0.15) is 0 Å². The lowest BCUT2D eigenvalue weighted by Crippen LogP contribution is -2.17. The van der Waals surface area contributed by atoms with Crippen molar-refractivity contribution in [3.63, 3.8) is 0 Å². The van der Waals surface area contributed by atoms with Crippen molar-refractivity contribution in [1.82, 2.24) is 5.32 Å². The molecule has 0 spiro atoms. The molecule has 1 aromatic rings. The van der Waals surface area contributed by atoms with Crippen molar-refractivity contribution in [2.45, 2.75) is 13.0 Å². The highest BCUT2D eigenvalue weighted by Crippen LogP contribution is 2.26. The summed E-state index contributed by atoms with van der Waals surface area (Å²) in [5.74, 6) is 0. The molecule has 0 aliphatic heterocycles. The van der Waals surface area contributed by atoms with Crippen LogP contribution in [-0.4, -0.2) is 6.54 Å². The van der Waals surface area contributed by atoms with Crippen LogP contribution in [0.25, 0.3) is 0 Å². The van der Waals surface area contributed by atoms with Crippen molar-refractivity contribution in [1.29, 1.82) is 0 Å². The van der Waals surface area contributed by atoms with Crippen LogP contribution in [0.4, 0.5) is 0 Å². The third-order valence-electron chi connectivity index (χ3n) is 1.59. The van der Waals surface area contributed by atoms with Gasteiger partial charge in [-0.15, -0.1) is 17.9 Å². The summed E-state index contributed by atoms with van der Waals surface area (Å²) >= 11 is 7.42. The van der Waals surface area contributed by atoms with E-state index in [-0.39, 0.29) is 0 Å². The molecule has 0 amide bonds. The Kier molecular flexibility index (Phi) is 3.79. The molecular weight excluding hydrogens is 190 g/mol. The molecular formula is C9H12ClNS. The maximum Gasteiger partial charge on any atom is 0.0931 e. The molecule has 1 rings (SSSR count). The number of rotatable bonds is 4. The van der Waals surface area contributed by atoms with Crippen molar-refractivity contribution < 1.29 is 0 Å². The van der Waals surface area contributed by atoms with Gasteiger partial charge < -0.3 is 5.32 Å². The quantitative estimate of drug-likeness (QED) is 0.738. The summed E-state index contributed by atoms with van der Waals surface area (Å²) in [4.78, 5) is 1.27. The van der Waals surface area contributed by atoms with Gasteiger partial charge in [0, 0.05) is 17.5 Å². The van der Waals surface area contributed by atoms with Gasteiger partial charge in [0.1, 0.15) is 0 Å². The lowest BCUT2D eigenvalue weighted by molar-refractivity contribution is 0.628. The second-order valence-electron chi connectivity index (χ2n) is 2.56. The summed E-state index contributed by atoms with van der Waals surface area (Å²) in [5.41, 5.74) is 0. The van der Waals surface area contributed by atoms with Gasteiger partial charge in [0.2, 0.25) is 0 Å². The first-order valence-electron chi connectivity index (χ1n) is 3.83. The molecule has 1 nitrogen and oxygen atoms in total. The predicted octanol–water partition coefficient (Wildman–Crippen LogP) is 3.24. The molecule has 3 heteroatoms. The number of hydrogen-bond acceptors (Lipinski definition) is 2. The molecule has 0 radical (unpaired) electrons. The molecule has 0 saturated carbocycles. The van der Waals surface area contributed by atoms with Gasteiger partial charge in [-0.05, 0) is 19.1 Å². The van der Waals surface area contributed by atoms with Crippen LogP contribution < -0.4 is 5.32 Å². The largest absolute Gasteiger partial charge is 0.306 e. The lowest BCUT2D eigenvalue weighted by atomic mass is 10.3. The second kappa shape index (κ2) is 4.65. The summed E-state index contributed by atoms with van der Waals surface area (Å²) in [6.45, 7) is 6.59. The average molecular weight is 202 g/mol. The minimum absolute atomic E-state index is 0.362. The standard InChI is InChI=1S/C9H12ClNS/c1-3-6-11-7(2)8-4-5-9(10)12-8/h3-5,7,11H,1,6H2,2H3. The van der Waals surface area contributed by atoms with Crippen molar-refractivity contribution in [2.24, 2.45) is 0 Å². The van der Waals surface area contributed by atoms with Gasteiger partial charge in [-0.1, -0.05) is 17.7 Å². The van der Waals surface area contributed by atoms with Crippen LogP contribution >= 0.6 is 22.9 Å². The van der Waals surface area contributed by atoms with E-state index in [1.54, 1.807) is 11.3 Å². The summed E-state index contributed by atoms with van der Waals surface area (Å²) in [6, 6.07) is 4.34. The first-order valence-corrected chi connectivity index (χ1v) is 5.03. The normalized spacial score (nSPS) is 12.8. The van der Waals surface area contributed by atoms with Crippen LogP contribution in [-0.2, 0) is 0 Å². The Hall–Kier alpha value is -0.310. The smallest absolute Gasteiger partial charge is 0.0931 e. The van der Waals surface area contributed by atoms with Crippen molar-refractivity contribution in [3.05, 3.63) is 34.0 Å². The van der Waals surface area contributed by atoms with E-state index < -0.39 is 0 Å². The molecule has 0 aliphatic carbocycles. The van der Waals surface area contributed by atoms with E-state index in [0.717, 1.165) is 10.9 Å². The molecule has 0 aromatic carbocycles. The number of nitrogens with one attached hydrogen (secondary N) is 1. The lowest BCUT2D eigenvalue weighted by Gasteiger charge is -2.08. The number of thiophene rings is 1. The van der Waals surface area contributed by atoms with E-state index in [1.807, 2.05) is 18.2 Å². The molecule has 1 N–H and O–H groups in total. The van der Waals surface area contributed by atoms with Crippen LogP contribution in [0.3, 0.4) is 0 Å². The fourth-order valence-electron chi connectivity index (χ4n) is 0.922. The minimum atomic E-state index is 0.362. The Morgan fingerprint density at radius 1 is 1.75 bits per heavy atom. The van der Waals surface area contributed by atoms with Crippen molar-refractivity contribution in [3.8, 4) is 0 Å². The summed E-state index contributed by atoms with van der Waals surface area (Å²) in [7, 11) is 0. The van der Waals surface area contributed by atoms with Crippen LogP contribution in [0.5, 0.6) is 0 Å². The maximum absolute atomic E-state index is 5.81. The number of hydrogen-bond donors (Lipinski definition) is 1. The molecule has 0 bridgehead atoms. The molecule has 66 valence electrons. The highest BCUT2D eigenvalue weighted by atomic mass is 35.5. The Labute approximate surface area is 82.1 Å². The molecule has 1 unspecified atom stereocenters. The first kappa shape index (κ1) is 9.78. The zero-order valence-corrected chi connectivity index (χ0v) is 8.58. The Morgan fingerprint density at radius 3 is 3.00 bits per heavy atom. The van der Waals surface area contributed by atoms with Crippen molar-refractivity contribution >= 4 is 22.9 Å². The van der Waals surface area contributed by atoms with Gasteiger partial charge >= 0.3 is 0 Å². The fraction of sp³-hybridized carbons (Fsp3) is 0.333. The van der Waals surface area contributed by atoms with Gasteiger partial charge in [0.15, 0.2) is 0 Å². The van der Waals surface area contributed by atoms with Crippen LogP contribution in [0.15, 0.2) is 24.8 Å². The first-order chi connectivity index (χ1) is 5.74. The molecule has 0 fully saturated rings. The zero-order chi connectivity index (χ0) is 8.97. The van der Waals surface area contributed by atoms with Crippen LogP contribution in [0, 0.1) is 0 Å². The van der Waals surface area contributed by atoms with Crippen molar-refractivity contribution in [2.75, 3.05) is 6.54 Å². The number of halogens is 1. The molecule has 1 heterocycles. The molecule has 0 aliphatic rings. The fourth-order valence-corrected chi connectivity index (χ4v) is 2.01. The SMILES string of the molecule is C=CCNC(C)c1ccc(Cl)s1. The van der Waals surface area contributed by atoms with E-state index in [1.165, 1.54) is 4.88 Å². The topological polar surface area (TPSA) is 12.0 Å². The van der Waals surface area contributed by atoms with Gasteiger partial charge in [-0.25, -0.2) is 0 Å². The Balaban J connectivity index is 2.52. The Morgan fingerprint density at radius 2 is 2.50 bits per heavy atom. The minimum Gasteiger partial charge on any atom is -0.306 e.